The van der Waals surface area contributed by atoms with Crippen LogP contribution in [0.2, 0.25) is 0 Å². The number of benzene rings is 1. The van der Waals surface area contributed by atoms with Crippen LogP contribution >= 0.6 is 0 Å². The first-order valence-corrected chi connectivity index (χ1v) is 5.65. The van der Waals surface area contributed by atoms with Crippen LogP contribution in [0.4, 0.5) is 4.39 Å². The summed E-state index contributed by atoms with van der Waals surface area (Å²) in [7, 11) is 1.85. The second-order valence-corrected chi connectivity index (χ2v) is 4.10. The van der Waals surface area contributed by atoms with E-state index < -0.39 is 0 Å². The molecule has 2 aromatic heterocycles. The Labute approximate surface area is 104 Å². The van der Waals surface area contributed by atoms with Crippen molar-refractivity contribution in [2.24, 2.45) is 7.05 Å². The summed E-state index contributed by atoms with van der Waals surface area (Å²) < 4.78 is 17.0. The first-order valence-electron chi connectivity index (χ1n) is 5.65. The third-order valence-electron chi connectivity index (χ3n) is 2.85. The maximum Gasteiger partial charge on any atom is 0.125 e. The molecule has 0 atom stereocenters. The van der Waals surface area contributed by atoms with Crippen molar-refractivity contribution in [1.29, 1.82) is 0 Å². The van der Waals surface area contributed by atoms with Crippen LogP contribution in [0.15, 0.2) is 30.6 Å². The van der Waals surface area contributed by atoms with Gasteiger partial charge in [-0.1, -0.05) is 6.92 Å². The van der Waals surface area contributed by atoms with Crippen molar-refractivity contribution in [3.63, 3.8) is 0 Å². The molecule has 2 heterocycles. The molecule has 0 aliphatic rings. The van der Waals surface area contributed by atoms with E-state index in [9.17, 15) is 4.39 Å². The molecular weight excluding hydrogens is 231 g/mol. The Bertz CT molecular complexity index is 711. The summed E-state index contributed by atoms with van der Waals surface area (Å²) in [4.78, 5) is 4.46. The summed E-state index contributed by atoms with van der Waals surface area (Å²) in [5, 5.41) is 4.14. The van der Waals surface area contributed by atoms with Gasteiger partial charge in [-0.25, -0.2) is 9.37 Å². The van der Waals surface area contributed by atoms with E-state index in [0.29, 0.717) is 0 Å². The predicted octanol–water partition coefficient (Wildman–Crippen LogP) is 2.47. The standard InChI is InChI=1S/C13H12FN4/c1-3-13-16-11-5-4-9(14)6-12(11)18(13)10-7-15-17(2)8-10/h3-8H,1-2H3. The van der Waals surface area contributed by atoms with Crippen LogP contribution in [0.1, 0.15) is 12.7 Å². The summed E-state index contributed by atoms with van der Waals surface area (Å²) in [6.45, 7) is 1.91. The highest BCUT2D eigenvalue weighted by atomic mass is 19.1. The predicted molar refractivity (Wildman–Crippen MR) is 66.9 cm³/mol. The number of rotatable bonds is 2. The number of halogens is 1. The zero-order chi connectivity index (χ0) is 12.7. The third kappa shape index (κ3) is 1.59. The van der Waals surface area contributed by atoms with Crippen LogP contribution in [0.25, 0.3) is 16.7 Å². The van der Waals surface area contributed by atoms with Crippen molar-refractivity contribution in [2.75, 3.05) is 0 Å². The molecular formula is C13H12FN4. The molecule has 4 nitrogen and oxygen atoms in total. The molecule has 0 aliphatic heterocycles. The Kier molecular flexibility index (Phi) is 2.40. The van der Waals surface area contributed by atoms with Crippen LogP contribution in [0.3, 0.4) is 0 Å². The van der Waals surface area contributed by atoms with Gasteiger partial charge in [0.1, 0.15) is 11.6 Å². The smallest absolute Gasteiger partial charge is 0.125 e. The summed E-state index contributed by atoms with van der Waals surface area (Å²) in [5.74, 6) is 0.513. The normalized spacial score (nSPS) is 11.3. The molecule has 3 aromatic rings. The highest BCUT2D eigenvalue weighted by Crippen LogP contribution is 2.22. The molecule has 0 saturated carbocycles. The van der Waals surface area contributed by atoms with Gasteiger partial charge in [0.25, 0.3) is 0 Å². The second kappa shape index (κ2) is 3.94. The summed E-state index contributed by atoms with van der Waals surface area (Å²) in [6.07, 6.45) is 5.50. The molecule has 1 aromatic carbocycles. The number of hydrogen-bond donors (Lipinski definition) is 0. The number of aryl methyl sites for hydroxylation is 1. The molecule has 0 amide bonds. The zero-order valence-corrected chi connectivity index (χ0v) is 10.1. The van der Waals surface area contributed by atoms with Gasteiger partial charge in [-0.2, -0.15) is 5.10 Å². The highest BCUT2D eigenvalue weighted by Gasteiger charge is 2.12. The van der Waals surface area contributed by atoms with E-state index in [-0.39, 0.29) is 5.82 Å². The number of imidazole rings is 1. The van der Waals surface area contributed by atoms with Crippen LogP contribution in [0.5, 0.6) is 0 Å². The highest BCUT2D eigenvalue weighted by molar-refractivity contribution is 5.78. The van der Waals surface area contributed by atoms with E-state index in [4.69, 9.17) is 0 Å². The van der Waals surface area contributed by atoms with Crippen LogP contribution in [-0.2, 0) is 7.05 Å². The van der Waals surface area contributed by atoms with Crippen molar-refractivity contribution in [3.05, 3.63) is 48.7 Å². The van der Waals surface area contributed by atoms with Gasteiger partial charge < -0.3 is 0 Å². The van der Waals surface area contributed by atoms with Gasteiger partial charge in [-0.15, -0.1) is 0 Å². The van der Waals surface area contributed by atoms with Gasteiger partial charge in [-0.3, -0.25) is 9.25 Å². The molecule has 0 saturated heterocycles. The maximum absolute atomic E-state index is 13.4. The van der Waals surface area contributed by atoms with E-state index in [0.717, 1.165) is 22.5 Å². The lowest BCUT2D eigenvalue weighted by molar-refractivity contribution is 0.629. The second-order valence-electron chi connectivity index (χ2n) is 4.10. The summed E-state index contributed by atoms with van der Waals surface area (Å²) in [5.41, 5.74) is 2.39. The van der Waals surface area contributed by atoms with Crippen LogP contribution in [-0.4, -0.2) is 19.3 Å². The van der Waals surface area contributed by atoms with Gasteiger partial charge >= 0.3 is 0 Å². The molecule has 0 fully saturated rings. The molecule has 0 spiro atoms. The number of fused-ring (bicyclic) bond motifs is 1. The third-order valence-corrected chi connectivity index (χ3v) is 2.85. The van der Waals surface area contributed by atoms with Gasteiger partial charge in [0.2, 0.25) is 0 Å². The fourth-order valence-corrected chi connectivity index (χ4v) is 2.06. The largest absolute Gasteiger partial charge is 0.293 e. The lowest BCUT2D eigenvalue weighted by Crippen LogP contribution is -1.97. The van der Waals surface area contributed by atoms with Gasteiger partial charge in [-0.05, 0) is 12.1 Å². The summed E-state index contributed by atoms with van der Waals surface area (Å²) >= 11 is 0. The molecule has 18 heavy (non-hydrogen) atoms. The minimum atomic E-state index is -0.268. The lowest BCUT2D eigenvalue weighted by Gasteiger charge is -2.04. The first-order chi connectivity index (χ1) is 8.69. The van der Waals surface area contributed by atoms with Gasteiger partial charge in [0, 0.05) is 25.7 Å². The molecule has 91 valence electrons. The van der Waals surface area contributed by atoms with Crippen molar-refractivity contribution >= 4 is 11.0 Å². The molecule has 0 aliphatic carbocycles. The van der Waals surface area contributed by atoms with Crippen molar-refractivity contribution < 1.29 is 4.39 Å². The molecule has 0 N–H and O–H groups in total. The average molecular weight is 243 g/mol. The Hall–Kier alpha value is -2.17. The number of aromatic nitrogens is 4. The Balaban J connectivity index is 2.34. The van der Waals surface area contributed by atoms with Crippen molar-refractivity contribution in [3.8, 4) is 5.69 Å². The fourth-order valence-electron chi connectivity index (χ4n) is 2.06. The van der Waals surface area contributed by atoms with E-state index in [2.05, 4.69) is 10.1 Å². The average Bonchev–Trinajstić information content (AvgIpc) is 2.91. The minimum Gasteiger partial charge on any atom is -0.293 e. The summed E-state index contributed by atoms with van der Waals surface area (Å²) in [6, 6.07) is 4.59. The van der Waals surface area contributed by atoms with E-state index in [1.807, 2.05) is 31.2 Å². The number of hydrogen-bond acceptors (Lipinski definition) is 2. The van der Waals surface area contributed by atoms with Crippen molar-refractivity contribution in [1.82, 2.24) is 19.3 Å². The molecule has 1 radical (unpaired) electrons. The quantitative estimate of drug-likeness (QED) is 0.693. The van der Waals surface area contributed by atoms with Crippen LogP contribution in [0, 0.1) is 12.2 Å². The van der Waals surface area contributed by atoms with Gasteiger partial charge in [0.05, 0.1) is 22.9 Å². The molecule has 0 bridgehead atoms. The SMILES string of the molecule is C[CH]c1nc2ccc(F)cc2n1-c1cnn(C)c1. The Morgan fingerprint density at radius 2 is 2.17 bits per heavy atom. The fraction of sp³-hybridized carbons (Fsp3) is 0.154. The number of nitrogens with zero attached hydrogens (tertiary/aromatic N) is 4. The van der Waals surface area contributed by atoms with E-state index in [1.54, 1.807) is 16.9 Å². The first kappa shape index (κ1) is 11.0. The maximum atomic E-state index is 13.4. The van der Waals surface area contributed by atoms with E-state index >= 15 is 0 Å². The Morgan fingerprint density at radius 1 is 1.33 bits per heavy atom. The van der Waals surface area contributed by atoms with Crippen molar-refractivity contribution in [2.45, 2.75) is 6.92 Å². The molecule has 0 unspecified atom stereocenters. The minimum absolute atomic E-state index is 0.268. The zero-order valence-electron chi connectivity index (χ0n) is 10.1. The molecule has 5 heteroatoms. The Morgan fingerprint density at radius 3 is 2.83 bits per heavy atom. The van der Waals surface area contributed by atoms with Crippen LogP contribution < -0.4 is 0 Å². The monoisotopic (exact) mass is 243 g/mol. The van der Waals surface area contributed by atoms with E-state index in [1.165, 1.54) is 12.1 Å². The lowest BCUT2D eigenvalue weighted by atomic mass is 10.3. The molecule has 3 rings (SSSR count). The van der Waals surface area contributed by atoms with Gasteiger partial charge in [0.15, 0.2) is 0 Å². The topological polar surface area (TPSA) is 35.6 Å².